The first-order valence-corrected chi connectivity index (χ1v) is 8.51. The minimum absolute atomic E-state index is 0.170. The Morgan fingerprint density at radius 1 is 1.24 bits per heavy atom. The number of aromatic nitrogens is 1. The number of carbonyl (C=O) groups is 1. The molecule has 0 saturated heterocycles. The number of carbonyl (C=O) groups excluding carboxylic acids is 1. The average molecular weight is 409 g/mol. The minimum Gasteiger partial charge on any atom is -0.383 e. The highest BCUT2D eigenvalue weighted by Crippen LogP contribution is 2.42. The molecule has 0 spiro atoms. The summed E-state index contributed by atoms with van der Waals surface area (Å²) in [5.74, 6) is -0.255. The number of nitrogens with zero attached hydrogens (tertiary/aromatic N) is 2. The van der Waals surface area contributed by atoms with Crippen LogP contribution in [-0.2, 0) is 6.18 Å². The topological polar surface area (TPSA) is 33.2 Å². The zero-order valence-corrected chi connectivity index (χ0v) is 15.7. The van der Waals surface area contributed by atoms with E-state index < -0.39 is 11.7 Å². The minimum atomic E-state index is -4.55. The van der Waals surface area contributed by atoms with Gasteiger partial charge in [0.25, 0.3) is 0 Å². The van der Waals surface area contributed by atoms with Gasteiger partial charge in [-0.05, 0) is 19.1 Å². The molecule has 0 atom stereocenters. The standard InChI is InChI=1S/C16H13Cl2F3N2OS/c1-8-14(12(24)4-5-23(2)3)25-15(22-8)13-10(17)6-9(7-11(13)18)16(19,20)21/h4-7H,1-3H3/b5-4+. The van der Waals surface area contributed by atoms with Gasteiger partial charge in [-0.1, -0.05) is 23.2 Å². The lowest BCUT2D eigenvalue weighted by atomic mass is 10.1. The predicted molar refractivity (Wildman–Crippen MR) is 94.5 cm³/mol. The number of alkyl halides is 3. The summed E-state index contributed by atoms with van der Waals surface area (Å²) in [4.78, 5) is 18.5. The van der Waals surface area contributed by atoms with Crippen molar-refractivity contribution in [1.29, 1.82) is 0 Å². The van der Waals surface area contributed by atoms with E-state index in [4.69, 9.17) is 23.2 Å². The maximum Gasteiger partial charge on any atom is 0.416 e. The van der Waals surface area contributed by atoms with Crippen LogP contribution in [0.3, 0.4) is 0 Å². The summed E-state index contributed by atoms with van der Waals surface area (Å²) >= 11 is 13.0. The second-order valence-corrected chi connectivity index (χ2v) is 7.20. The number of allylic oxidation sites excluding steroid dienone is 1. The lowest BCUT2D eigenvalue weighted by Gasteiger charge is -2.10. The van der Waals surface area contributed by atoms with Crippen LogP contribution in [-0.4, -0.2) is 29.8 Å². The lowest BCUT2D eigenvalue weighted by molar-refractivity contribution is -0.137. The van der Waals surface area contributed by atoms with Gasteiger partial charge < -0.3 is 4.90 Å². The van der Waals surface area contributed by atoms with Crippen molar-refractivity contribution in [2.45, 2.75) is 13.1 Å². The van der Waals surface area contributed by atoms with Crippen LogP contribution in [0, 0.1) is 6.92 Å². The summed E-state index contributed by atoms with van der Waals surface area (Å²) in [5.41, 5.74) is -0.301. The van der Waals surface area contributed by atoms with E-state index in [-0.39, 0.29) is 21.4 Å². The molecule has 0 aliphatic rings. The van der Waals surface area contributed by atoms with Crippen LogP contribution in [0.1, 0.15) is 20.9 Å². The van der Waals surface area contributed by atoms with Crippen LogP contribution in [0.25, 0.3) is 10.6 Å². The number of hydrogen-bond acceptors (Lipinski definition) is 4. The summed E-state index contributed by atoms with van der Waals surface area (Å²) in [6.45, 7) is 1.64. The van der Waals surface area contributed by atoms with Crippen molar-refractivity contribution < 1.29 is 18.0 Å². The molecular weight excluding hydrogens is 396 g/mol. The van der Waals surface area contributed by atoms with Crippen molar-refractivity contribution in [3.8, 4) is 10.6 Å². The maximum absolute atomic E-state index is 12.8. The van der Waals surface area contributed by atoms with Crippen LogP contribution < -0.4 is 0 Å². The van der Waals surface area contributed by atoms with Gasteiger partial charge in [-0.25, -0.2) is 4.98 Å². The van der Waals surface area contributed by atoms with Gasteiger partial charge in [-0.3, -0.25) is 4.79 Å². The summed E-state index contributed by atoms with van der Waals surface area (Å²) < 4.78 is 38.5. The molecule has 9 heteroatoms. The second kappa shape index (κ2) is 7.35. The Morgan fingerprint density at radius 2 is 1.80 bits per heavy atom. The number of ketones is 1. The second-order valence-electron chi connectivity index (χ2n) is 5.39. The molecular formula is C16H13Cl2F3N2OS. The molecule has 3 nitrogen and oxygen atoms in total. The molecule has 0 N–H and O–H groups in total. The molecule has 134 valence electrons. The van der Waals surface area contributed by atoms with Crippen molar-refractivity contribution in [2.75, 3.05) is 14.1 Å². The van der Waals surface area contributed by atoms with Crippen molar-refractivity contribution in [3.63, 3.8) is 0 Å². The Kier molecular flexibility index (Phi) is 5.81. The summed E-state index contributed by atoms with van der Waals surface area (Å²) in [5, 5.41) is -0.0457. The fourth-order valence-corrected chi connectivity index (χ4v) is 3.80. The monoisotopic (exact) mass is 408 g/mol. The molecule has 25 heavy (non-hydrogen) atoms. The van der Waals surface area contributed by atoms with Crippen molar-refractivity contribution in [2.24, 2.45) is 0 Å². The summed E-state index contributed by atoms with van der Waals surface area (Å²) in [6.07, 6.45) is -1.57. The highest BCUT2D eigenvalue weighted by molar-refractivity contribution is 7.17. The van der Waals surface area contributed by atoms with Gasteiger partial charge in [-0.2, -0.15) is 13.2 Å². The molecule has 1 aromatic carbocycles. The predicted octanol–water partition coefficient (Wildman–Crippen LogP) is 5.70. The van der Waals surface area contributed by atoms with E-state index in [0.717, 1.165) is 23.5 Å². The first kappa shape index (κ1) is 19.8. The molecule has 2 rings (SSSR count). The van der Waals surface area contributed by atoms with E-state index in [9.17, 15) is 18.0 Å². The van der Waals surface area contributed by atoms with E-state index in [0.29, 0.717) is 15.6 Å². The smallest absolute Gasteiger partial charge is 0.383 e. The molecule has 0 saturated carbocycles. The highest BCUT2D eigenvalue weighted by atomic mass is 35.5. The number of hydrogen-bond donors (Lipinski definition) is 0. The Morgan fingerprint density at radius 3 is 2.28 bits per heavy atom. The van der Waals surface area contributed by atoms with Crippen LogP contribution in [0.5, 0.6) is 0 Å². The average Bonchev–Trinajstić information content (AvgIpc) is 2.84. The Labute approximate surface area is 156 Å². The number of benzene rings is 1. The van der Waals surface area contributed by atoms with Crippen molar-refractivity contribution in [1.82, 2.24) is 9.88 Å². The molecule has 0 radical (unpaired) electrons. The first-order chi connectivity index (χ1) is 11.5. The van der Waals surface area contributed by atoms with Gasteiger partial charge in [-0.15, -0.1) is 11.3 Å². The largest absolute Gasteiger partial charge is 0.416 e. The molecule has 2 aromatic rings. The fourth-order valence-electron chi connectivity index (χ4n) is 1.97. The third kappa shape index (κ3) is 4.54. The van der Waals surface area contributed by atoms with Gasteiger partial charge in [0.05, 0.1) is 26.2 Å². The quantitative estimate of drug-likeness (QED) is 0.480. The molecule has 1 heterocycles. The number of halogens is 5. The first-order valence-electron chi connectivity index (χ1n) is 6.93. The Hall–Kier alpha value is -1.57. The molecule has 1 aromatic heterocycles. The summed E-state index contributed by atoms with van der Waals surface area (Å²) in [6, 6.07) is 1.60. The Balaban J connectivity index is 2.47. The molecule has 0 unspecified atom stereocenters. The van der Waals surface area contributed by atoms with E-state index >= 15 is 0 Å². The fraction of sp³-hybridized carbons (Fsp3) is 0.250. The van der Waals surface area contributed by atoms with Crippen LogP contribution >= 0.6 is 34.5 Å². The normalized spacial score (nSPS) is 12.0. The van der Waals surface area contributed by atoms with Gasteiger partial charge in [0.2, 0.25) is 0 Å². The molecule has 0 bridgehead atoms. The molecule has 0 aliphatic carbocycles. The van der Waals surface area contributed by atoms with E-state index in [1.54, 1.807) is 32.1 Å². The third-order valence-electron chi connectivity index (χ3n) is 3.13. The van der Waals surface area contributed by atoms with Gasteiger partial charge in [0.15, 0.2) is 5.78 Å². The highest BCUT2D eigenvalue weighted by Gasteiger charge is 2.32. The zero-order valence-electron chi connectivity index (χ0n) is 13.4. The maximum atomic E-state index is 12.8. The zero-order chi connectivity index (χ0) is 18.9. The van der Waals surface area contributed by atoms with Gasteiger partial charge >= 0.3 is 6.18 Å². The van der Waals surface area contributed by atoms with Crippen LogP contribution in [0.4, 0.5) is 13.2 Å². The van der Waals surface area contributed by atoms with Crippen molar-refractivity contribution >= 4 is 40.3 Å². The number of aryl methyl sites for hydroxylation is 1. The van der Waals surface area contributed by atoms with E-state index in [1.165, 1.54) is 6.08 Å². The molecule has 0 amide bonds. The van der Waals surface area contributed by atoms with E-state index in [1.807, 2.05) is 0 Å². The number of rotatable bonds is 4. The van der Waals surface area contributed by atoms with E-state index in [2.05, 4.69) is 4.98 Å². The summed E-state index contributed by atoms with van der Waals surface area (Å²) in [7, 11) is 3.55. The lowest BCUT2D eigenvalue weighted by Crippen LogP contribution is -2.05. The third-order valence-corrected chi connectivity index (χ3v) is 4.91. The molecule has 0 fully saturated rings. The Bertz CT molecular complexity index is 821. The van der Waals surface area contributed by atoms with Gasteiger partial charge in [0.1, 0.15) is 5.01 Å². The SMILES string of the molecule is Cc1nc(-c2c(Cl)cc(C(F)(F)F)cc2Cl)sc1C(=O)/C=C/N(C)C. The molecule has 0 aliphatic heterocycles. The van der Waals surface area contributed by atoms with Crippen LogP contribution in [0.15, 0.2) is 24.4 Å². The van der Waals surface area contributed by atoms with Gasteiger partial charge in [0, 0.05) is 31.9 Å². The van der Waals surface area contributed by atoms with Crippen molar-refractivity contribution in [3.05, 3.63) is 50.6 Å². The van der Waals surface area contributed by atoms with Crippen LogP contribution in [0.2, 0.25) is 10.0 Å². The number of thiazole rings is 1.